The minimum Gasteiger partial charge on any atom is -0.489 e. The summed E-state index contributed by atoms with van der Waals surface area (Å²) in [5, 5.41) is 4.39. The zero-order valence-corrected chi connectivity index (χ0v) is 13.8. The van der Waals surface area contributed by atoms with E-state index in [4.69, 9.17) is 16.3 Å². The summed E-state index contributed by atoms with van der Waals surface area (Å²) in [5.74, 6) is 0.927. The van der Waals surface area contributed by atoms with Gasteiger partial charge in [-0.2, -0.15) is 0 Å². The first-order chi connectivity index (χ1) is 9.51. The number of benzene rings is 1. The second-order valence-corrected chi connectivity index (χ2v) is 6.55. The maximum atomic E-state index is 6.25. The molecule has 1 aromatic rings. The summed E-state index contributed by atoms with van der Waals surface area (Å²) in [6.45, 7) is 9.94. The first-order valence-corrected chi connectivity index (χ1v) is 8.05. The Bertz CT molecular complexity index is 462. The normalized spacial score (nSPS) is 29.1. The zero-order chi connectivity index (χ0) is 14.8. The van der Waals surface area contributed by atoms with Gasteiger partial charge in [-0.15, -0.1) is 0 Å². The molecule has 3 heteroatoms. The van der Waals surface area contributed by atoms with Crippen LogP contribution >= 0.6 is 11.6 Å². The summed E-state index contributed by atoms with van der Waals surface area (Å²) in [5.41, 5.74) is 1.36. The summed E-state index contributed by atoms with van der Waals surface area (Å²) in [6.07, 6.45) is 3.66. The van der Waals surface area contributed by atoms with Gasteiger partial charge in [0.05, 0.1) is 0 Å². The van der Waals surface area contributed by atoms with Gasteiger partial charge in [-0.1, -0.05) is 38.4 Å². The molecule has 0 saturated heterocycles. The first kappa shape index (κ1) is 15.7. The molecule has 1 aliphatic carbocycles. The monoisotopic (exact) mass is 295 g/mol. The van der Waals surface area contributed by atoms with Crippen molar-refractivity contribution >= 4 is 11.6 Å². The molecular weight excluding hydrogens is 270 g/mol. The highest BCUT2D eigenvalue weighted by Gasteiger charge is 2.51. The maximum absolute atomic E-state index is 6.25. The summed E-state index contributed by atoms with van der Waals surface area (Å²) < 4.78 is 6.25. The minimum atomic E-state index is 0.212. The summed E-state index contributed by atoms with van der Waals surface area (Å²) in [4.78, 5) is 0. The Morgan fingerprint density at radius 2 is 2.15 bits per heavy atom. The lowest BCUT2D eigenvalue weighted by molar-refractivity contribution is -0.0704. The fourth-order valence-corrected chi connectivity index (χ4v) is 3.12. The van der Waals surface area contributed by atoms with E-state index >= 15 is 0 Å². The average Bonchev–Trinajstić information content (AvgIpc) is 2.44. The Hall–Kier alpha value is -0.730. The van der Waals surface area contributed by atoms with E-state index in [9.17, 15) is 0 Å². The SMILES string of the molecule is CCCNC1CC(Oc2cc(Cl)ccc2C)C1(C)CC. The lowest BCUT2D eigenvalue weighted by atomic mass is 9.61. The highest BCUT2D eigenvalue weighted by molar-refractivity contribution is 6.30. The second kappa shape index (κ2) is 6.36. The van der Waals surface area contributed by atoms with Gasteiger partial charge in [0.1, 0.15) is 11.9 Å². The van der Waals surface area contributed by atoms with Gasteiger partial charge in [0.2, 0.25) is 0 Å². The molecule has 0 aromatic heterocycles. The third-order valence-electron chi connectivity index (χ3n) is 4.80. The molecular formula is C17H26ClNO. The Morgan fingerprint density at radius 1 is 1.40 bits per heavy atom. The van der Waals surface area contributed by atoms with Crippen LogP contribution in [0.25, 0.3) is 0 Å². The van der Waals surface area contributed by atoms with Crippen molar-refractivity contribution in [3.8, 4) is 5.75 Å². The van der Waals surface area contributed by atoms with Crippen molar-refractivity contribution in [1.29, 1.82) is 0 Å². The molecule has 1 fully saturated rings. The van der Waals surface area contributed by atoms with Crippen LogP contribution in [0.15, 0.2) is 18.2 Å². The fourth-order valence-electron chi connectivity index (χ4n) is 2.96. The Labute approximate surface area is 127 Å². The molecule has 0 bridgehead atoms. The molecule has 0 spiro atoms. The van der Waals surface area contributed by atoms with Gasteiger partial charge in [-0.25, -0.2) is 0 Å². The molecule has 3 atom stereocenters. The van der Waals surface area contributed by atoms with Crippen LogP contribution in [-0.2, 0) is 0 Å². The Balaban J connectivity index is 2.05. The lowest BCUT2D eigenvalue weighted by Gasteiger charge is -2.53. The molecule has 0 radical (unpaired) electrons. The van der Waals surface area contributed by atoms with E-state index in [1.807, 2.05) is 18.2 Å². The van der Waals surface area contributed by atoms with Crippen molar-refractivity contribution in [3.05, 3.63) is 28.8 Å². The van der Waals surface area contributed by atoms with Crippen LogP contribution in [-0.4, -0.2) is 18.7 Å². The van der Waals surface area contributed by atoms with Gasteiger partial charge >= 0.3 is 0 Å². The zero-order valence-electron chi connectivity index (χ0n) is 13.0. The predicted molar refractivity (Wildman–Crippen MR) is 85.7 cm³/mol. The molecule has 0 heterocycles. The summed E-state index contributed by atoms with van der Waals surface area (Å²) >= 11 is 6.07. The number of nitrogens with one attached hydrogen (secondary N) is 1. The van der Waals surface area contributed by atoms with E-state index in [2.05, 4.69) is 33.0 Å². The molecule has 112 valence electrons. The standard InChI is InChI=1S/C17H26ClNO/c1-5-9-19-15-11-16(17(15,4)6-2)20-14-10-13(18)8-7-12(14)3/h7-8,10,15-16,19H,5-6,9,11H2,1-4H3. The smallest absolute Gasteiger partial charge is 0.124 e. The molecule has 1 aliphatic rings. The molecule has 3 unspecified atom stereocenters. The lowest BCUT2D eigenvalue weighted by Crippen LogP contribution is -2.63. The quantitative estimate of drug-likeness (QED) is 0.829. The molecule has 1 aromatic carbocycles. The van der Waals surface area contributed by atoms with Gasteiger partial charge in [0, 0.05) is 22.9 Å². The van der Waals surface area contributed by atoms with Crippen molar-refractivity contribution < 1.29 is 4.74 Å². The van der Waals surface area contributed by atoms with E-state index in [0.29, 0.717) is 6.04 Å². The van der Waals surface area contributed by atoms with Crippen LogP contribution in [0.4, 0.5) is 0 Å². The van der Waals surface area contributed by atoms with E-state index in [0.717, 1.165) is 35.7 Å². The van der Waals surface area contributed by atoms with Crippen LogP contribution < -0.4 is 10.1 Å². The molecule has 20 heavy (non-hydrogen) atoms. The molecule has 1 saturated carbocycles. The molecule has 0 aliphatic heterocycles. The number of aryl methyl sites for hydroxylation is 1. The Morgan fingerprint density at radius 3 is 2.80 bits per heavy atom. The van der Waals surface area contributed by atoms with Crippen molar-refractivity contribution in [3.63, 3.8) is 0 Å². The van der Waals surface area contributed by atoms with Crippen molar-refractivity contribution in [1.82, 2.24) is 5.32 Å². The van der Waals surface area contributed by atoms with E-state index in [-0.39, 0.29) is 11.5 Å². The maximum Gasteiger partial charge on any atom is 0.124 e. The summed E-state index contributed by atoms with van der Waals surface area (Å²) in [7, 11) is 0. The highest BCUT2D eigenvalue weighted by atomic mass is 35.5. The largest absolute Gasteiger partial charge is 0.489 e. The Kier molecular flexibility index (Phi) is 4.98. The van der Waals surface area contributed by atoms with Crippen molar-refractivity contribution in [2.45, 2.75) is 59.1 Å². The second-order valence-electron chi connectivity index (χ2n) is 6.12. The van der Waals surface area contributed by atoms with Gasteiger partial charge < -0.3 is 10.1 Å². The van der Waals surface area contributed by atoms with Gasteiger partial charge in [-0.3, -0.25) is 0 Å². The molecule has 2 nitrogen and oxygen atoms in total. The first-order valence-electron chi connectivity index (χ1n) is 7.67. The van der Waals surface area contributed by atoms with E-state index in [1.54, 1.807) is 0 Å². The average molecular weight is 296 g/mol. The predicted octanol–water partition coefficient (Wildman–Crippen LogP) is 4.58. The number of halogens is 1. The number of hydrogen-bond acceptors (Lipinski definition) is 2. The van der Waals surface area contributed by atoms with Crippen LogP contribution in [0, 0.1) is 12.3 Å². The van der Waals surface area contributed by atoms with E-state index < -0.39 is 0 Å². The van der Waals surface area contributed by atoms with Gasteiger partial charge in [-0.05, 0) is 44.0 Å². The third-order valence-corrected chi connectivity index (χ3v) is 5.04. The van der Waals surface area contributed by atoms with Gasteiger partial charge in [0.15, 0.2) is 0 Å². The van der Waals surface area contributed by atoms with Crippen molar-refractivity contribution in [2.24, 2.45) is 5.41 Å². The molecule has 2 rings (SSSR count). The number of rotatable bonds is 6. The highest BCUT2D eigenvalue weighted by Crippen LogP contribution is 2.46. The summed E-state index contributed by atoms with van der Waals surface area (Å²) in [6, 6.07) is 6.43. The number of ether oxygens (including phenoxy) is 1. The molecule has 0 amide bonds. The number of hydrogen-bond donors (Lipinski definition) is 1. The van der Waals surface area contributed by atoms with E-state index in [1.165, 1.54) is 6.42 Å². The molecule has 1 N–H and O–H groups in total. The van der Waals surface area contributed by atoms with Gasteiger partial charge in [0.25, 0.3) is 0 Å². The van der Waals surface area contributed by atoms with Crippen LogP contribution in [0.3, 0.4) is 0 Å². The topological polar surface area (TPSA) is 21.3 Å². The minimum absolute atomic E-state index is 0.212. The van der Waals surface area contributed by atoms with Crippen LogP contribution in [0.2, 0.25) is 5.02 Å². The van der Waals surface area contributed by atoms with Crippen LogP contribution in [0.5, 0.6) is 5.75 Å². The van der Waals surface area contributed by atoms with Crippen LogP contribution in [0.1, 0.15) is 45.6 Å². The fraction of sp³-hybridized carbons (Fsp3) is 0.647. The van der Waals surface area contributed by atoms with Crippen molar-refractivity contribution in [2.75, 3.05) is 6.54 Å². The third kappa shape index (κ3) is 2.96.